The van der Waals surface area contributed by atoms with Gasteiger partial charge in [-0.15, -0.1) is 0 Å². The molecule has 0 saturated carbocycles. The number of nitrogens with two attached hydrogens (primary N) is 1. The number of hydrogen-bond acceptors (Lipinski definition) is 2. The Morgan fingerprint density at radius 1 is 1.50 bits per heavy atom. The van der Waals surface area contributed by atoms with Crippen LogP contribution in [0, 0.1) is 0 Å². The standard InChI is InChI=1S/C12H17N3O/c1-2-9-5-3-4-6-11(9)15-8-10(7-13)14-12(15)16/h3-6,10H,2,7-8,13H2,1H3,(H,14,16). The van der Waals surface area contributed by atoms with E-state index >= 15 is 0 Å². The molecule has 1 aromatic rings. The van der Waals surface area contributed by atoms with Gasteiger partial charge in [-0.3, -0.25) is 4.90 Å². The molecule has 86 valence electrons. The second-order valence-electron chi connectivity index (χ2n) is 3.97. The van der Waals surface area contributed by atoms with Gasteiger partial charge in [-0.25, -0.2) is 4.79 Å². The molecule has 1 atom stereocenters. The molecule has 1 heterocycles. The summed E-state index contributed by atoms with van der Waals surface area (Å²) in [6, 6.07) is 8.01. The molecule has 1 unspecified atom stereocenters. The summed E-state index contributed by atoms with van der Waals surface area (Å²) in [5.41, 5.74) is 7.75. The van der Waals surface area contributed by atoms with Crippen LogP contribution in [0.2, 0.25) is 0 Å². The van der Waals surface area contributed by atoms with Gasteiger partial charge in [0.05, 0.1) is 6.04 Å². The summed E-state index contributed by atoms with van der Waals surface area (Å²) < 4.78 is 0. The van der Waals surface area contributed by atoms with E-state index in [4.69, 9.17) is 5.73 Å². The largest absolute Gasteiger partial charge is 0.332 e. The van der Waals surface area contributed by atoms with Crippen molar-refractivity contribution in [3.63, 3.8) is 0 Å². The van der Waals surface area contributed by atoms with E-state index in [-0.39, 0.29) is 12.1 Å². The lowest BCUT2D eigenvalue weighted by atomic mass is 10.1. The van der Waals surface area contributed by atoms with E-state index in [0.29, 0.717) is 13.1 Å². The number of nitrogens with zero attached hydrogens (tertiary/aromatic N) is 1. The van der Waals surface area contributed by atoms with Crippen molar-refractivity contribution < 1.29 is 4.79 Å². The van der Waals surface area contributed by atoms with Gasteiger partial charge in [-0.2, -0.15) is 0 Å². The molecular formula is C12H17N3O. The number of rotatable bonds is 3. The summed E-state index contributed by atoms with van der Waals surface area (Å²) in [6.07, 6.45) is 0.924. The Bertz CT molecular complexity index is 392. The number of amides is 2. The predicted molar refractivity (Wildman–Crippen MR) is 64.5 cm³/mol. The fourth-order valence-corrected chi connectivity index (χ4v) is 2.02. The summed E-state index contributed by atoms with van der Waals surface area (Å²) in [5, 5.41) is 2.87. The molecule has 4 heteroatoms. The third-order valence-corrected chi connectivity index (χ3v) is 2.92. The van der Waals surface area contributed by atoms with E-state index in [1.807, 2.05) is 18.2 Å². The second-order valence-corrected chi connectivity index (χ2v) is 3.97. The Morgan fingerprint density at radius 3 is 2.88 bits per heavy atom. The zero-order valence-corrected chi connectivity index (χ0v) is 9.44. The van der Waals surface area contributed by atoms with Gasteiger partial charge in [-0.05, 0) is 18.1 Å². The molecule has 0 aromatic heterocycles. The second kappa shape index (κ2) is 4.53. The molecule has 0 spiro atoms. The topological polar surface area (TPSA) is 58.4 Å². The molecule has 1 aliphatic heterocycles. The maximum Gasteiger partial charge on any atom is 0.322 e. The average molecular weight is 219 g/mol. The Morgan fingerprint density at radius 2 is 2.25 bits per heavy atom. The van der Waals surface area contributed by atoms with Crippen molar-refractivity contribution in [2.45, 2.75) is 19.4 Å². The predicted octanol–water partition coefficient (Wildman–Crippen LogP) is 1.11. The zero-order valence-electron chi connectivity index (χ0n) is 9.44. The van der Waals surface area contributed by atoms with Crippen molar-refractivity contribution >= 4 is 11.7 Å². The monoisotopic (exact) mass is 219 g/mol. The third kappa shape index (κ3) is 1.88. The summed E-state index contributed by atoms with van der Waals surface area (Å²) >= 11 is 0. The molecule has 2 amide bonds. The number of anilines is 1. The SMILES string of the molecule is CCc1ccccc1N1CC(CN)NC1=O. The van der Waals surface area contributed by atoms with E-state index in [1.165, 1.54) is 5.56 Å². The van der Waals surface area contributed by atoms with Crippen LogP contribution >= 0.6 is 0 Å². The number of aryl methyl sites for hydroxylation is 1. The minimum atomic E-state index is -0.0450. The maximum atomic E-state index is 11.8. The molecule has 1 fully saturated rings. The molecule has 2 rings (SSSR count). The minimum absolute atomic E-state index is 0.0450. The molecule has 0 bridgehead atoms. The normalized spacial score (nSPS) is 20.0. The number of carbonyl (C=O) groups excluding carboxylic acids is 1. The van der Waals surface area contributed by atoms with E-state index < -0.39 is 0 Å². The first-order chi connectivity index (χ1) is 7.76. The number of hydrogen-bond donors (Lipinski definition) is 2. The number of carbonyl (C=O) groups is 1. The van der Waals surface area contributed by atoms with Crippen molar-refractivity contribution in [2.75, 3.05) is 18.0 Å². The Hall–Kier alpha value is -1.55. The number of benzene rings is 1. The van der Waals surface area contributed by atoms with Crippen LogP contribution in [-0.4, -0.2) is 25.2 Å². The van der Waals surface area contributed by atoms with Crippen LogP contribution in [0.3, 0.4) is 0 Å². The Labute approximate surface area is 95.4 Å². The molecule has 16 heavy (non-hydrogen) atoms. The molecule has 3 N–H and O–H groups in total. The van der Waals surface area contributed by atoms with Crippen LogP contribution in [0.5, 0.6) is 0 Å². The average Bonchev–Trinajstić information content (AvgIpc) is 2.70. The highest BCUT2D eigenvalue weighted by molar-refractivity contribution is 5.95. The van der Waals surface area contributed by atoms with Crippen molar-refractivity contribution in [2.24, 2.45) is 5.73 Å². The van der Waals surface area contributed by atoms with E-state index in [2.05, 4.69) is 18.3 Å². The number of nitrogens with one attached hydrogen (secondary N) is 1. The highest BCUT2D eigenvalue weighted by Gasteiger charge is 2.29. The van der Waals surface area contributed by atoms with Gasteiger partial charge >= 0.3 is 6.03 Å². The summed E-state index contributed by atoms with van der Waals surface area (Å²) in [6.45, 7) is 3.23. The first-order valence-corrected chi connectivity index (χ1v) is 5.62. The molecule has 1 saturated heterocycles. The Balaban J connectivity index is 2.27. The highest BCUT2D eigenvalue weighted by Crippen LogP contribution is 2.23. The summed E-state index contributed by atoms with van der Waals surface area (Å²) in [4.78, 5) is 13.5. The number of urea groups is 1. The van der Waals surface area contributed by atoms with Crippen LogP contribution in [0.15, 0.2) is 24.3 Å². The van der Waals surface area contributed by atoms with Gasteiger partial charge in [-0.1, -0.05) is 25.1 Å². The fourth-order valence-electron chi connectivity index (χ4n) is 2.02. The molecule has 0 radical (unpaired) electrons. The quantitative estimate of drug-likeness (QED) is 0.800. The zero-order chi connectivity index (χ0) is 11.5. The van der Waals surface area contributed by atoms with Gasteiger partial charge in [0, 0.05) is 18.8 Å². The van der Waals surface area contributed by atoms with Crippen molar-refractivity contribution in [3.8, 4) is 0 Å². The van der Waals surface area contributed by atoms with Crippen molar-refractivity contribution in [1.82, 2.24) is 5.32 Å². The third-order valence-electron chi connectivity index (χ3n) is 2.92. The molecule has 0 aliphatic carbocycles. The minimum Gasteiger partial charge on any atom is -0.332 e. The molecular weight excluding hydrogens is 202 g/mol. The first kappa shape index (κ1) is 11.0. The van der Waals surface area contributed by atoms with Gasteiger partial charge in [0.1, 0.15) is 0 Å². The molecule has 4 nitrogen and oxygen atoms in total. The van der Waals surface area contributed by atoms with E-state index in [1.54, 1.807) is 4.90 Å². The lowest BCUT2D eigenvalue weighted by molar-refractivity contribution is 0.251. The number of para-hydroxylation sites is 1. The maximum absolute atomic E-state index is 11.8. The lowest BCUT2D eigenvalue weighted by Gasteiger charge is -2.18. The van der Waals surface area contributed by atoms with Crippen LogP contribution in [0.4, 0.5) is 10.5 Å². The smallest absolute Gasteiger partial charge is 0.322 e. The fraction of sp³-hybridized carbons (Fsp3) is 0.417. The summed E-state index contributed by atoms with van der Waals surface area (Å²) in [7, 11) is 0. The Kier molecular flexibility index (Phi) is 3.10. The first-order valence-electron chi connectivity index (χ1n) is 5.62. The van der Waals surface area contributed by atoms with Crippen LogP contribution in [-0.2, 0) is 6.42 Å². The van der Waals surface area contributed by atoms with E-state index in [0.717, 1.165) is 12.1 Å². The van der Waals surface area contributed by atoms with Crippen molar-refractivity contribution in [3.05, 3.63) is 29.8 Å². The van der Waals surface area contributed by atoms with Gasteiger partial charge in [0.15, 0.2) is 0 Å². The molecule has 1 aliphatic rings. The molecule has 1 aromatic carbocycles. The van der Waals surface area contributed by atoms with Crippen molar-refractivity contribution in [1.29, 1.82) is 0 Å². The summed E-state index contributed by atoms with van der Waals surface area (Å²) in [5.74, 6) is 0. The van der Waals surface area contributed by atoms with Gasteiger partial charge < -0.3 is 11.1 Å². The van der Waals surface area contributed by atoms with Crippen LogP contribution in [0.1, 0.15) is 12.5 Å². The van der Waals surface area contributed by atoms with Crippen LogP contribution < -0.4 is 16.0 Å². The lowest BCUT2D eigenvalue weighted by Crippen LogP contribution is -2.33. The van der Waals surface area contributed by atoms with Crippen LogP contribution in [0.25, 0.3) is 0 Å². The van der Waals surface area contributed by atoms with Gasteiger partial charge in [0.25, 0.3) is 0 Å². The highest BCUT2D eigenvalue weighted by atomic mass is 16.2. The van der Waals surface area contributed by atoms with Gasteiger partial charge in [0.2, 0.25) is 0 Å². The van der Waals surface area contributed by atoms with E-state index in [9.17, 15) is 4.79 Å².